The van der Waals surface area contributed by atoms with E-state index in [2.05, 4.69) is 21.2 Å². The van der Waals surface area contributed by atoms with Gasteiger partial charge in [-0.2, -0.15) is 0 Å². The van der Waals surface area contributed by atoms with Crippen molar-refractivity contribution < 1.29 is 14.3 Å². The van der Waals surface area contributed by atoms with Crippen molar-refractivity contribution in [1.82, 2.24) is 0 Å². The van der Waals surface area contributed by atoms with Crippen LogP contribution in [0.2, 0.25) is 0 Å². The number of benzene rings is 1. The van der Waals surface area contributed by atoms with Crippen LogP contribution in [0.1, 0.15) is 25.7 Å². The number of primary amides is 1. The molecule has 1 fully saturated rings. The van der Waals surface area contributed by atoms with Crippen LogP contribution >= 0.6 is 15.9 Å². The Kier molecular flexibility index (Phi) is 4.88. The minimum Gasteiger partial charge on any atom is -0.469 e. The number of methoxy groups -OCH3 is 1. The average molecular weight is 355 g/mol. The summed E-state index contributed by atoms with van der Waals surface area (Å²) in [6, 6.07) is 7.59. The predicted molar refractivity (Wildman–Crippen MR) is 83.7 cm³/mol. The lowest BCUT2D eigenvalue weighted by molar-refractivity contribution is -0.147. The number of ether oxygens (including phenoxy) is 1. The molecule has 0 heterocycles. The van der Waals surface area contributed by atoms with Gasteiger partial charge in [0.15, 0.2) is 0 Å². The molecule has 1 saturated carbocycles. The van der Waals surface area contributed by atoms with Crippen molar-refractivity contribution in [1.29, 1.82) is 0 Å². The predicted octanol–water partition coefficient (Wildman–Crippen LogP) is 2.45. The average Bonchev–Trinajstić information content (AvgIpc) is 2.47. The van der Waals surface area contributed by atoms with Crippen molar-refractivity contribution in [3.05, 3.63) is 28.7 Å². The Labute approximate surface area is 132 Å². The molecule has 114 valence electrons. The van der Waals surface area contributed by atoms with Gasteiger partial charge in [0.05, 0.1) is 13.0 Å². The van der Waals surface area contributed by atoms with Gasteiger partial charge in [-0.3, -0.25) is 9.59 Å². The Morgan fingerprint density at radius 1 is 1.38 bits per heavy atom. The van der Waals surface area contributed by atoms with Gasteiger partial charge in [0.25, 0.3) is 0 Å². The number of carbonyl (C=O) groups is 2. The summed E-state index contributed by atoms with van der Waals surface area (Å²) in [4.78, 5) is 23.5. The van der Waals surface area contributed by atoms with Crippen LogP contribution in [0.15, 0.2) is 28.7 Å². The SMILES string of the molecule is COC(=O)C1CCC(Nc2cccc(Br)c2)(C(N)=O)CC1. The maximum Gasteiger partial charge on any atom is 0.308 e. The monoisotopic (exact) mass is 354 g/mol. The highest BCUT2D eigenvalue weighted by atomic mass is 79.9. The molecule has 3 N–H and O–H groups in total. The molecule has 0 saturated heterocycles. The maximum absolute atomic E-state index is 11.9. The van der Waals surface area contributed by atoms with Crippen LogP contribution in [0, 0.1) is 5.92 Å². The third-order valence-corrected chi connectivity index (χ3v) is 4.55. The molecule has 0 aliphatic heterocycles. The number of esters is 1. The number of anilines is 1. The third kappa shape index (κ3) is 3.56. The van der Waals surface area contributed by atoms with E-state index in [1.54, 1.807) is 0 Å². The van der Waals surface area contributed by atoms with Crippen molar-refractivity contribution in [3.8, 4) is 0 Å². The number of amides is 1. The van der Waals surface area contributed by atoms with Crippen LogP contribution in [-0.2, 0) is 14.3 Å². The number of halogens is 1. The lowest BCUT2D eigenvalue weighted by Crippen LogP contribution is -2.53. The van der Waals surface area contributed by atoms with Crippen molar-refractivity contribution in [2.24, 2.45) is 11.7 Å². The van der Waals surface area contributed by atoms with Gasteiger partial charge in [-0.25, -0.2) is 0 Å². The van der Waals surface area contributed by atoms with E-state index in [9.17, 15) is 9.59 Å². The fraction of sp³-hybridized carbons (Fsp3) is 0.467. The molecule has 1 amide bonds. The van der Waals surface area contributed by atoms with E-state index in [1.807, 2.05) is 24.3 Å². The van der Waals surface area contributed by atoms with Crippen LogP contribution in [0.3, 0.4) is 0 Å². The molecule has 0 bridgehead atoms. The first kappa shape index (κ1) is 15.8. The topological polar surface area (TPSA) is 81.4 Å². The summed E-state index contributed by atoms with van der Waals surface area (Å²) in [6.45, 7) is 0. The molecule has 21 heavy (non-hydrogen) atoms. The zero-order valence-electron chi connectivity index (χ0n) is 11.9. The minimum atomic E-state index is -0.800. The molecule has 1 aromatic carbocycles. The molecule has 0 atom stereocenters. The van der Waals surface area contributed by atoms with E-state index in [1.165, 1.54) is 7.11 Å². The molecule has 1 aromatic rings. The van der Waals surface area contributed by atoms with Gasteiger partial charge in [-0.1, -0.05) is 22.0 Å². The fourth-order valence-corrected chi connectivity index (χ4v) is 3.19. The molecule has 0 aromatic heterocycles. The Morgan fingerprint density at radius 2 is 2.05 bits per heavy atom. The molecule has 5 nitrogen and oxygen atoms in total. The molecule has 6 heteroatoms. The van der Waals surface area contributed by atoms with Crippen LogP contribution in [0.4, 0.5) is 5.69 Å². The normalized spacial score (nSPS) is 25.1. The van der Waals surface area contributed by atoms with Gasteiger partial charge in [0, 0.05) is 10.2 Å². The summed E-state index contributed by atoms with van der Waals surface area (Å²) in [5.41, 5.74) is 5.65. The maximum atomic E-state index is 11.9. The van der Waals surface area contributed by atoms with Gasteiger partial charge in [0.1, 0.15) is 5.54 Å². The first-order chi connectivity index (χ1) is 9.97. The second-order valence-corrected chi connectivity index (χ2v) is 6.29. The third-order valence-electron chi connectivity index (χ3n) is 4.05. The highest BCUT2D eigenvalue weighted by Gasteiger charge is 2.42. The second-order valence-electron chi connectivity index (χ2n) is 5.38. The van der Waals surface area contributed by atoms with Gasteiger partial charge in [0.2, 0.25) is 5.91 Å². The van der Waals surface area contributed by atoms with E-state index in [4.69, 9.17) is 10.5 Å². The van der Waals surface area contributed by atoms with Gasteiger partial charge in [-0.15, -0.1) is 0 Å². The van der Waals surface area contributed by atoms with Crippen molar-refractivity contribution in [2.45, 2.75) is 31.2 Å². The quantitative estimate of drug-likeness (QED) is 0.813. The summed E-state index contributed by atoms with van der Waals surface area (Å²) < 4.78 is 5.70. The second kappa shape index (κ2) is 6.47. The summed E-state index contributed by atoms with van der Waals surface area (Å²) in [5, 5.41) is 3.26. The highest BCUT2D eigenvalue weighted by Crippen LogP contribution is 2.35. The molecule has 0 unspecified atom stereocenters. The van der Waals surface area contributed by atoms with E-state index in [-0.39, 0.29) is 17.8 Å². The Hall–Kier alpha value is -1.56. The van der Waals surface area contributed by atoms with E-state index in [0.717, 1.165) is 10.2 Å². The number of hydrogen-bond acceptors (Lipinski definition) is 4. The molecule has 0 spiro atoms. The highest BCUT2D eigenvalue weighted by molar-refractivity contribution is 9.10. The summed E-state index contributed by atoms with van der Waals surface area (Å²) >= 11 is 3.40. The number of nitrogens with one attached hydrogen (secondary N) is 1. The van der Waals surface area contributed by atoms with Gasteiger partial charge >= 0.3 is 5.97 Å². The van der Waals surface area contributed by atoms with Crippen LogP contribution < -0.4 is 11.1 Å². The lowest BCUT2D eigenvalue weighted by Gasteiger charge is -2.38. The first-order valence-corrected chi connectivity index (χ1v) is 7.67. The Balaban J connectivity index is 2.13. The number of carbonyl (C=O) groups excluding carboxylic acids is 2. The smallest absolute Gasteiger partial charge is 0.308 e. The lowest BCUT2D eigenvalue weighted by atomic mass is 9.75. The molecule has 0 radical (unpaired) electrons. The van der Waals surface area contributed by atoms with Crippen LogP contribution in [0.5, 0.6) is 0 Å². The van der Waals surface area contributed by atoms with Crippen LogP contribution in [0.25, 0.3) is 0 Å². The first-order valence-electron chi connectivity index (χ1n) is 6.88. The molecule has 2 rings (SSSR count). The summed E-state index contributed by atoms with van der Waals surface area (Å²) in [6.07, 6.45) is 2.23. The number of hydrogen-bond donors (Lipinski definition) is 2. The zero-order chi connectivity index (χ0) is 15.5. The van der Waals surface area contributed by atoms with E-state index < -0.39 is 5.54 Å². The summed E-state index contributed by atoms with van der Waals surface area (Å²) in [5.74, 6) is -0.742. The Morgan fingerprint density at radius 3 is 2.57 bits per heavy atom. The van der Waals surface area contributed by atoms with Gasteiger partial charge < -0.3 is 15.8 Å². The Bertz CT molecular complexity index is 539. The molecule has 1 aliphatic carbocycles. The van der Waals surface area contributed by atoms with E-state index in [0.29, 0.717) is 25.7 Å². The molecular weight excluding hydrogens is 336 g/mol. The minimum absolute atomic E-state index is 0.146. The number of rotatable bonds is 4. The van der Waals surface area contributed by atoms with Crippen molar-refractivity contribution in [2.75, 3.05) is 12.4 Å². The van der Waals surface area contributed by atoms with Crippen molar-refractivity contribution in [3.63, 3.8) is 0 Å². The van der Waals surface area contributed by atoms with Crippen LogP contribution in [-0.4, -0.2) is 24.5 Å². The largest absolute Gasteiger partial charge is 0.469 e. The van der Waals surface area contributed by atoms with Crippen molar-refractivity contribution >= 4 is 33.5 Å². The fourth-order valence-electron chi connectivity index (χ4n) is 2.79. The standard InChI is InChI=1S/C15H19BrN2O3/c1-21-13(19)10-5-7-15(8-6-10,14(17)20)18-12-4-2-3-11(16)9-12/h2-4,9-10,18H,5-8H2,1H3,(H2,17,20). The molecular formula is C15H19BrN2O3. The number of nitrogens with two attached hydrogens (primary N) is 1. The zero-order valence-corrected chi connectivity index (χ0v) is 13.5. The van der Waals surface area contributed by atoms with Gasteiger partial charge in [-0.05, 0) is 43.9 Å². The molecule has 1 aliphatic rings. The summed E-state index contributed by atoms with van der Waals surface area (Å²) in [7, 11) is 1.39. The van der Waals surface area contributed by atoms with E-state index >= 15 is 0 Å².